The lowest BCUT2D eigenvalue weighted by atomic mass is 10.3. The normalized spacial score (nSPS) is 10.4. The molecule has 1 aromatic carbocycles. The van der Waals surface area contributed by atoms with Gasteiger partial charge in [0.15, 0.2) is 0 Å². The van der Waals surface area contributed by atoms with E-state index in [0.717, 1.165) is 3.57 Å². The van der Waals surface area contributed by atoms with Crippen molar-refractivity contribution in [3.63, 3.8) is 0 Å². The molecule has 0 unspecified atom stereocenters. The number of benzene rings is 1. The molecule has 0 aliphatic heterocycles. The van der Waals surface area contributed by atoms with Crippen molar-refractivity contribution in [2.75, 3.05) is 26.7 Å². The summed E-state index contributed by atoms with van der Waals surface area (Å²) in [7, 11) is 1.51. The molecule has 7 heteroatoms. The minimum absolute atomic E-state index is 0.138. The van der Waals surface area contributed by atoms with Crippen LogP contribution >= 0.6 is 22.6 Å². The lowest BCUT2D eigenvalue weighted by Gasteiger charge is -2.17. The minimum Gasteiger partial charge on any atom is -0.492 e. The molecule has 0 saturated carbocycles. The van der Waals surface area contributed by atoms with Crippen molar-refractivity contribution >= 4 is 34.6 Å². The average Bonchev–Trinajstić information content (AvgIpc) is 2.47. The Labute approximate surface area is 136 Å². The molecule has 0 atom stereocenters. The van der Waals surface area contributed by atoms with Crippen molar-refractivity contribution in [2.24, 2.45) is 0 Å². The van der Waals surface area contributed by atoms with Crippen molar-refractivity contribution in [3.05, 3.63) is 40.0 Å². The Morgan fingerprint density at radius 2 is 2.05 bits per heavy atom. The van der Waals surface area contributed by atoms with Crippen molar-refractivity contribution in [1.29, 1.82) is 0 Å². The van der Waals surface area contributed by atoms with Crippen LogP contribution in [0.15, 0.2) is 36.4 Å². The zero-order valence-corrected chi connectivity index (χ0v) is 13.7. The highest BCUT2D eigenvalue weighted by atomic mass is 127. The maximum atomic E-state index is 11.1. The third-order valence-corrected chi connectivity index (χ3v) is 3.27. The SMILES string of the molecule is CNC(=O)/C=C/CN(CCOc1ccc(I)cc1)C(=O)O. The maximum Gasteiger partial charge on any atom is 0.407 e. The van der Waals surface area contributed by atoms with Crippen LogP contribution in [-0.2, 0) is 4.79 Å². The Morgan fingerprint density at radius 3 is 2.62 bits per heavy atom. The van der Waals surface area contributed by atoms with Gasteiger partial charge in [-0.2, -0.15) is 0 Å². The average molecular weight is 404 g/mol. The highest BCUT2D eigenvalue weighted by molar-refractivity contribution is 14.1. The number of ether oxygens (including phenoxy) is 1. The van der Waals surface area contributed by atoms with E-state index in [1.165, 1.54) is 24.1 Å². The summed E-state index contributed by atoms with van der Waals surface area (Å²) in [6, 6.07) is 7.49. The van der Waals surface area contributed by atoms with Gasteiger partial charge in [0.25, 0.3) is 0 Å². The van der Waals surface area contributed by atoms with Crippen molar-refractivity contribution in [1.82, 2.24) is 10.2 Å². The number of carbonyl (C=O) groups excluding carboxylic acids is 1. The topological polar surface area (TPSA) is 78.9 Å². The molecular weight excluding hydrogens is 387 g/mol. The summed E-state index contributed by atoms with van der Waals surface area (Å²) in [5.41, 5.74) is 0. The summed E-state index contributed by atoms with van der Waals surface area (Å²) in [6.45, 7) is 0.610. The first-order valence-corrected chi connectivity index (χ1v) is 7.35. The van der Waals surface area contributed by atoms with Gasteiger partial charge in [-0.05, 0) is 46.9 Å². The van der Waals surface area contributed by atoms with Gasteiger partial charge in [0, 0.05) is 23.2 Å². The van der Waals surface area contributed by atoms with E-state index < -0.39 is 6.09 Å². The summed E-state index contributed by atoms with van der Waals surface area (Å²) in [5, 5.41) is 11.5. The van der Waals surface area contributed by atoms with E-state index in [4.69, 9.17) is 9.84 Å². The molecule has 1 rings (SSSR count). The van der Waals surface area contributed by atoms with E-state index in [-0.39, 0.29) is 25.6 Å². The Balaban J connectivity index is 2.40. The Bertz CT molecular complexity index is 502. The van der Waals surface area contributed by atoms with E-state index in [2.05, 4.69) is 27.9 Å². The van der Waals surface area contributed by atoms with Crippen LogP contribution in [0, 0.1) is 3.57 Å². The number of hydrogen-bond donors (Lipinski definition) is 2. The molecule has 0 saturated heterocycles. The molecule has 2 amide bonds. The number of carbonyl (C=O) groups is 2. The number of carboxylic acid groups (broad SMARTS) is 1. The smallest absolute Gasteiger partial charge is 0.407 e. The van der Waals surface area contributed by atoms with Gasteiger partial charge >= 0.3 is 6.09 Å². The molecule has 0 aromatic heterocycles. The van der Waals surface area contributed by atoms with Gasteiger partial charge in [0.1, 0.15) is 12.4 Å². The number of nitrogens with one attached hydrogen (secondary N) is 1. The summed E-state index contributed by atoms with van der Waals surface area (Å²) in [6.07, 6.45) is 1.75. The third kappa shape index (κ3) is 6.98. The lowest BCUT2D eigenvalue weighted by molar-refractivity contribution is -0.116. The molecule has 6 nitrogen and oxygen atoms in total. The van der Waals surface area contributed by atoms with Gasteiger partial charge in [-0.3, -0.25) is 4.79 Å². The summed E-state index contributed by atoms with van der Waals surface area (Å²) < 4.78 is 6.58. The Hall–Kier alpha value is -1.77. The van der Waals surface area contributed by atoms with E-state index in [1.54, 1.807) is 0 Å². The molecule has 0 spiro atoms. The van der Waals surface area contributed by atoms with Gasteiger partial charge < -0.3 is 20.1 Å². The van der Waals surface area contributed by atoms with E-state index in [0.29, 0.717) is 5.75 Å². The van der Waals surface area contributed by atoms with Crippen LogP contribution in [0.1, 0.15) is 0 Å². The fourth-order valence-electron chi connectivity index (χ4n) is 1.44. The van der Waals surface area contributed by atoms with Crippen molar-refractivity contribution in [2.45, 2.75) is 0 Å². The zero-order valence-electron chi connectivity index (χ0n) is 11.6. The second kappa shape index (κ2) is 9.22. The molecule has 0 aliphatic carbocycles. The molecule has 0 radical (unpaired) electrons. The molecule has 114 valence electrons. The quantitative estimate of drug-likeness (QED) is 0.538. The Kier molecular flexibility index (Phi) is 7.59. The first-order chi connectivity index (χ1) is 10.0. The number of nitrogens with zero attached hydrogens (tertiary/aromatic N) is 1. The molecule has 1 aromatic rings. The first kappa shape index (κ1) is 17.3. The second-order valence-corrected chi connectivity index (χ2v) is 5.29. The highest BCUT2D eigenvalue weighted by Crippen LogP contribution is 2.13. The summed E-state index contributed by atoms with van der Waals surface area (Å²) >= 11 is 2.20. The number of rotatable bonds is 7. The van der Waals surface area contributed by atoms with Crippen molar-refractivity contribution in [3.8, 4) is 5.75 Å². The van der Waals surface area contributed by atoms with Gasteiger partial charge in [-0.25, -0.2) is 4.79 Å². The van der Waals surface area contributed by atoms with Gasteiger partial charge in [0.2, 0.25) is 5.91 Å². The lowest BCUT2D eigenvalue weighted by Crippen LogP contribution is -2.33. The van der Waals surface area contributed by atoms with Crippen LogP contribution < -0.4 is 10.1 Å². The van der Waals surface area contributed by atoms with Crippen LogP contribution in [-0.4, -0.2) is 48.8 Å². The van der Waals surface area contributed by atoms with Gasteiger partial charge in [0.05, 0.1) is 6.54 Å². The number of amides is 2. The number of halogens is 1. The van der Waals surface area contributed by atoms with Gasteiger partial charge in [-0.1, -0.05) is 6.08 Å². The molecule has 2 N–H and O–H groups in total. The Morgan fingerprint density at radius 1 is 1.38 bits per heavy atom. The molecule has 21 heavy (non-hydrogen) atoms. The van der Waals surface area contributed by atoms with Crippen molar-refractivity contribution < 1.29 is 19.4 Å². The predicted molar refractivity (Wildman–Crippen MR) is 87.5 cm³/mol. The number of hydrogen-bond acceptors (Lipinski definition) is 3. The van der Waals surface area contributed by atoms with Gasteiger partial charge in [-0.15, -0.1) is 0 Å². The highest BCUT2D eigenvalue weighted by Gasteiger charge is 2.09. The van der Waals surface area contributed by atoms with Crippen LogP contribution in [0.2, 0.25) is 0 Å². The molecule has 0 heterocycles. The summed E-state index contributed by atoms with van der Waals surface area (Å²) in [5.74, 6) is 0.428. The fraction of sp³-hybridized carbons (Fsp3) is 0.286. The second-order valence-electron chi connectivity index (χ2n) is 4.05. The van der Waals surface area contributed by atoms with Crippen LogP contribution in [0.3, 0.4) is 0 Å². The minimum atomic E-state index is -1.05. The van der Waals surface area contributed by atoms with Crippen LogP contribution in [0.5, 0.6) is 5.75 Å². The first-order valence-electron chi connectivity index (χ1n) is 6.27. The van der Waals surface area contributed by atoms with Crippen LogP contribution in [0.25, 0.3) is 0 Å². The van der Waals surface area contributed by atoms with E-state index in [1.807, 2.05) is 24.3 Å². The van der Waals surface area contributed by atoms with Crippen LogP contribution in [0.4, 0.5) is 4.79 Å². The number of likely N-dealkylation sites (N-methyl/N-ethyl adjacent to an activating group) is 1. The maximum absolute atomic E-state index is 11.1. The fourth-order valence-corrected chi connectivity index (χ4v) is 1.80. The standard InChI is InChI=1S/C14H17IN2O4/c1-16-13(18)3-2-8-17(14(19)20)9-10-21-12-6-4-11(15)5-7-12/h2-7H,8-10H2,1H3,(H,16,18)(H,19,20)/b3-2+. The molecule has 0 fully saturated rings. The van der Waals surface area contributed by atoms with E-state index >= 15 is 0 Å². The monoisotopic (exact) mass is 404 g/mol. The predicted octanol–water partition coefficient (Wildman–Crippen LogP) is 1.95. The molecule has 0 aliphatic rings. The molecule has 0 bridgehead atoms. The largest absolute Gasteiger partial charge is 0.492 e. The van der Waals surface area contributed by atoms with E-state index in [9.17, 15) is 9.59 Å². The zero-order chi connectivity index (χ0) is 15.7. The summed E-state index contributed by atoms with van der Waals surface area (Å²) in [4.78, 5) is 23.2. The third-order valence-electron chi connectivity index (χ3n) is 2.56. The molecular formula is C14H17IN2O4.